The predicted molar refractivity (Wildman–Crippen MR) is 87.1 cm³/mol. The zero-order valence-corrected chi connectivity index (χ0v) is 13.1. The summed E-state index contributed by atoms with van der Waals surface area (Å²) in [6, 6.07) is 0.978. The number of aliphatic imine (C=N–C) groups is 1. The largest absolute Gasteiger partial charge is 0.493 e. The third kappa shape index (κ3) is 2.15. The lowest BCUT2D eigenvalue weighted by Gasteiger charge is -2.28. The topological polar surface area (TPSA) is 149 Å². The fourth-order valence-corrected chi connectivity index (χ4v) is 3.29. The molecule has 0 unspecified atom stereocenters. The van der Waals surface area contributed by atoms with Gasteiger partial charge < -0.3 is 35.0 Å². The summed E-state index contributed by atoms with van der Waals surface area (Å²) in [6.45, 7) is 0.903. The van der Waals surface area contributed by atoms with Crippen molar-refractivity contribution in [3.8, 4) is 5.88 Å². The second-order valence-electron chi connectivity index (χ2n) is 6.26. The quantitative estimate of drug-likeness (QED) is 0.473. The number of aliphatic hydroxyl groups excluding tert-OH is 2. The van der Waals surface area contributed by atoms with Gasteiger partial charge in [0.05, 0.1) is 23.7 Å². The molecule has 25 heavy (non-hydrogen) atoms. The number of hydrogen-bond donors (Lipinski definition) is 5. The van der Waals surface area contributed by atoms with Gasteiger partial charge in [-0.05, 0) is 6.92 Å². The van der Waals surface area contributed by atoms with E-state index in [1.165, 1.54) is 24.0 Å². The van der Waals surface area contributed by atoms with Crippen LogP contribution in [0.25, 0.3) is 10.8 Å². The summed E-state index contributed by atoms with van der Waals surface area (Å²) in [5.41, 5.74) is -2.21. The van der Waals surface area contributed by atoms with E-state index in [1.54, 1.807) is 0 Å². The molecule has 0 saturated carbocycles. The van der Waals surface area contributed by atoms with Gasteiger partial charge in [0.15, 0.2) is 11.7 Å². The lowest BCUT2D eigenvalue weighted by molar-refractivity contribution is -0.0955. The van der Waals surface area contributed by atoms with Crippen LogP contribution in [0.15, 0.2) is 22.1 Å². The summed E-state index contributed by atoms with van der Waals surface area (Å²) in [5, 5.41) is 43.2. The number of rotatable bonds is 2. The van der Waals surface area contributed by atoms with Gasteiger partial charge in [0.25, 0.3) is 0 Å². The van der Waals surface area contributed by atoms with Crippen LogP contribution in [0.2, 0.25) is 0 Å². The lowest BCUT2D eigenvalue weighted by atomic mass is 9.96. The maximum atomic E-state index is 12.3. The maximum absolute atomic E-state index is 12.3. The van der Waals surface area contributed by atoms with Crippen LogP contribution in [0.4, 0.5) is 11.6 Å². The Labute approximate surface area is 140 Å². The molecule has 10 nitrogen and oxygen atoms in total. The van der Waals surface area contributed by atoms with Crippen molar-refractivity contribution < 1.29 is 25.2 Å². The Morgan fingerprint density at radius 1 is 1.48 bits per heavy atom. The first kappa shape index (κ1) is 16.0. The normalized spacial score (nSPS) is 30.6. The van der Waals surface area contributed by atoms with Gasteiger partial charge in [-0.2, -0.15) is 4.98 Å². The third-order valence-electron chi connectivity index (χ3n) is 4.57. The molecule has 0 bridgehead atoms. The van der Waals surface area contributed by atoms with Crippen molar-refractivity contribution in [1.29, 1.82) is 0 Å². The SMILES string of the molecule is C[C@@]1(O)[C@H](O)[C@@H](CO)O[C@H]1n1cc2c(=O)cc(O)nc3c2c1N=CN3. The molecule has 4 atom stereocenters. The van der Waals surface area contributed by atoms with Gasteiger partial charge in [0.1, 0.15) is 29.4 Å². The zero-order valence-electron chi connectivity index (χ0n) is 13.1. The minimum Gasteiger partial charge on any atom is -0.493 e. The Balaban J connectivity index is 1.98. The van der Waals surface area contributed by atoms with Crippen LogP contribution in [-0.2, 0) is 4.74 Å². The zero-order chi connectivity index (χ0) is 17.9. The highest BCUT2D eigenvalue weighted by Gasteiger charge is 2.53. The van der Waals surface area contributed by atoms with E-state index in [4.69, 9.17) is 4.74 Å². The van der Waals surface area contributed by atoms with Crippen LogP contribution in [0.1, 0.15) is 13.2 Å². The number of anilines is 1. The highest BCUT2D eigenvalue weighted by Crippen LogP contribution is 2.44. The molecule has 0 aliphatic carbocycles. The van der Waals surface area contributed by atoms with Crippen molar-refractivity contribution in [2.45, 2.75) is 31.0 Å². The average molecular weight is 348 g/mol. The van der Waals surface area contributed by atoms with Crippen molar-refractivity contribution in [3.05, 3.63) is 22.5 Å². The molecule has 4 heterocycles. The van der Waals surface area contributed by atoms with Crippen LogP contribution in [0.3, 0.4) is 0 Å². The summed E-state index contributed by atoms with van der Waals surface area (Å²) in [6.07, 6.45) is -0.631. The first-order chi connectivity index (χ1) is 11.8. The highest BCUT2D eigenvalue weighted by atomic mass is 16.6. The Morgan fingerprint density at radius 2 is 2.24 bits per heavy atom. The molecule has 5 N–H and O–H groups in total. The Hall–Kier alpha value is -2.53. The van der Waals surface area contributed by atoms with E-state index in [0.29, 0.717) is 5.39 Å². The van der Waals surface area contributed by atoms with E-state index < -0.39 is 42.0 Å². The van der Waals surface area contributed by atoms with Gasteiger partial charge in [0.2, 0.25) is 5.88 Å². The second-order valence-corrected chi connectivity index (χ2v) is 6.26. The van der Waals surface area contributed by atoms with Gasteiger partial charge in [-0.15, -0.1) is 0 Å². The van der Waals surface area contributed by atoms with Crippen LogP contribution in [0.5, 0.6) is 5.88 Å². The number of hydrogen-bond acceptors (Lipinski definition) is 9. The molecule has 132 valence electrons. The summed E-state index contributed by atoms with van der Waals surface area (Å²) in [4.78, 5) is 20.4. The number of ether oxygens (including phenoxy) is 1. The van der Waals surface area contributed by atoms with Crippen molar-refractivity contribution >= 4 is 28.7 Å². The Kier molecular flexibility index (Phi) is 3.34. The van der Waals surface area contributed by atoms with Gasteiger partial charge in [-0.25, -0.2) is 4.99 Å². The molecule has 2 aromatic rings. The molecule has 0 amide bonds. The maximum Gasteiger partial charge on any atom is 0.216 e. The molecule has 2 aliphatic heterocycles. The summed E-state index contributed by atoms with van der Waals surface area (Å²) in [7, 11) is 0. The third-order valence-corrected chi connectivity index (χ3v) is 4.57. The van der Waals surface area contributed by atoms with E-state index in [0.717, 1.165) is 6.07 Å². The molecule has 0 radical (unpaired) electrons. The van der Waals surface area contributed by atoms with Gasteiger partial charge in [-0.3, -0.25) is 4.79 Å². The van der Waals surface area contributed by atoms with E-state index in [1.807, 2.05) is 0 Å². The van der Waals surface area contributed by atoms with Crippen molar-refractivity contribution in [2.24, 2.45) is 4.99 Å². The molecule has 4 rings (SSSR count). The van der Waals surface area contributed by atoms with Gasteiger partial charge in [0, 0.05) is 12.3 Å². The lowest BCUT2D eigenvalue weighted by Crippen LogP contribution is -2.44. The van der Waals surface area contributed by atoms with Gasteiger partial charge in [-0.1, -0.05) is 0 Å². The first-order valence-corrected chi connectivity index (χ1v) is 7.59. The van der Waals surface area contributed by atoms with E-state index >= 15 is 0 Å². The Morgan fingerprint density at radius 3 is 2.92 bits per heavy atom. The monoisotopic (exact) mass is 348 g/mol. The molecule has 1 fully saturated rings. The first-order valence-electron chi connectivity index (χ1n) is 7.59. The minimum absolute atomic E-state index is 0.212. The standard InChI is InChI=1S/C15H16N4O6/c1-15(24)11(23)8(4-20)25-14(15)19-3-6-7(21)2-9(22)18-12-10(6)13(19)17-5-16-12/h2-3,5,8,11,14,20,22-24H,4H2,1H3,(H,16,17,18)/t8-,11-,14-,15-/m1/s1. The minimum atomic E-state index is -1.72. The van der Waals surface area contributed by atoms with Crippen molar-refractivity contribution in [2.75, 3.05) is 11.9 Å². The van der Waals surface area contributed by atoms with Crippen LogP contribution >= 0.6 is 0 Å². The number of nitrogens with one attached hydrogen (secondary N) is 1. The van der Waals surface area contributed by atoms with Crippen LogP contribution in [0, 0.1) is 0 Å². The molecule has 2 aliphatic rings. The molecule has 0 spiro atoms. The molecule has 0 aromatic carbocycles. The van der Waals surface area contributed by atoms with Crippen LogP contribution < -0.4 is 10.7 Å². The molecular weight excluding hydrogens is 332 g/mol. The highest BCUT2D eigenvalue weighted by molar-refractivity contribution is 6.06. The fraction of sp³-hybridized carbons (Fsp3) is 0.400. The summed E-state index contributed by atoms with van der Waals surface area (Å²) >= 11 is 0. The number of aliphatic hydroxyl groups is 3. The van der Waals surface area contributed by atoms with E-state index in [9.17, 15) is 25.2 Å². The second kappa shape index (κ2) is 5.23. The Bertz CT molecular complexity index is 953. The van der Waals surface area contributed by atoms with E-state index in [-0.39, 0.29) is 17.0 Å². The number of aromatic nitrogens is 2. The molecule has 2 aromatic heterocycles. The summed E-state index contributed by atoms with van der Waals surface area (Å²) in [5.74, 6) is 0.0756. The van der Waals surface area contributed by atoms with Crippen LogP contribution in [-0.4, -0.2) is 60.7 Å². The molecule has 10 heteroatoms. The van der Waals surface area contributed by atoms with Crippen molar-refractivity contribution in [1.82, 2.24) is 9.55 Å². The molecular formula is C15H16N4O6. The van der Waals surface area contributed by atoms with Gasteiger partial charge >= 0.3 is 0 Å². The predicted octanol–water partition coefficient (Wildman–Crippen LogP) is -0.811. The molecule has 1 saturated heterocycles. The van der Waals surface area contributed by atoms with Crippen molar-refractivity contribution in [3.63, 3.8) is 0 Å². The average Bonchev–Trinajstić information content (AvgIpc) is 3.00. The number of aromatic hydroxyl groups is 1. The smallest absolute Gasteiger partial charge is 0.216 e. The summed E-state index contributed by atoms with van der Waals surface area (Å²) < 4.78 is 7.02. The van der Waals surface area contributed by atoms with E-state index in [2.05, 4.69) is 15.3 Å². The fourth-order valence-electron chi connectivity index (χ4n) is 3.29. The number of nitrogens with zero attached hydrogens (tertiary/aromatic N) is 3.